The number of hydrogen-bond acceptors (Lipinski definition) is 4. The Hall–Kier alpha value is -1.46. The van der Waals surface area contributed by atoms with Crippen molar-refractivity contribution in [3.05, 3.63) is 57.3 Å². The van der Waals surface area contributed by atoms with Gasteiger partial charge in [0, 0.05) is 4.88 Å². The predicted octanol–water partition coefficient (Wildman–Crippen LogP) is 3.42. The van der Waals surface area contributed by atoms with Crippen LogP contribution in [-0.2, 0) is 22.0 Å². The van der Waals surface area contributed by atoms with Crippen LogP contribution in [0.15, 0.2) is 36.4 Å². The molecule has 1 heterocycles. The summed E-state index contributed by atoms with van der Waals surface area (Å²) in [7, 11) is -3.44. The second kappa shape index (κ2) is 6.54. The smallest absolute Gasteiger partial charge is 0.187 e. The highest BCUT2D eigenvalue weighted by atomic mass is 32.2. The van der Waals surface area contributed by atoms with Crippen LogP contribution in [0.4, 0.5) is 0 Å². The molecule has 21 heavy (non-hydrogen) atoms. The fourth-order valence-electron chi connectivity index (χ4n) is 2.05. The minimum atomic E-state index is -3.44. The first kappa shape index (κ1) is 15.9. The van der Waals surface area contributed by atoms with E-state index in [1.807, 2.05) is 38.1 Å². The molecule has 0 bridgehead atoms. The molecule has 0 aliphatic heterocycles. The Morgan fingerprint density at radius 3 is 2.48 bits per heavy atom. The lowest BCUT2D eigenvalue weighted by Crippen LogP contribution is -2.17. The number of carbonyl (C=O) groups is 1. The number of benzene rings is 1. The van der Waals surface area contributed by atoms with Gasteiger partial charge in [-0.1, -0.05) is 31.2 Å². The largest absolute Gasteiger partial charge is 0.292 e. The van der Waals surface area contributed by atoms with Crippen LogP contribution in [0.2, 0.25) is 0 Å². The van der Waals surface area contributed by atoms with E-state index in [2.05, 4.69) is 0 Å². The second-order valence-electron chi connectivity index (χ2n) is 5.00. The molecule has 5 heteroatoms. The van der Waals surface area contributed by atoms with E-state index < -0.39 is 15.6 Å². The minimum Gasteiger partial charge on any atom is -0.292 e. The Balaban J connectivity index is 2.10. The lowest BCUT2D eigenvalue weighted by atomic mass is 10.1. The van der Waals surface area contributed by atoms with Gasteiger partial charge in [0.25, 0.3) is 0 Å². The summed E-state index contributed by atoms with van der Waals surface area (Å²) < 4.78 is 24.4. The lowest BCUT2D eigenvalue weighted by Gasteiger charge is -2.06. The van der Waals surface area contributed by atoms with Gasteiger partial charge in [0.05, 0.1) is 10.6 Å². The summed E-state index contributed by atoms with van der Waals surface area (Å²) in [5.74, 6) is -0.823. The average Bonchev–Trinajstić information content (AvgIpc) is 2.89. The Morgan fingerprint density at radius 2 is 1.86 bits per heavy atom. The Labute approximate surface area is 129 Å². The molecule has 0 aliphatic rings. The predicted molar refractivity (Wildman–Crippen MR) is 86.7 cm³/mol. The highest BCUT2D eigenvalue weighted by Crippen LogP contribution is 2.19. The van der Waals surface area contributed by atoms with Crippen LogP contribution in [0.3, 0.4) is 0 Å². The molecule has 1 aromatic carbocycles. The molecule has 0 amide bonds. The molecule has 0 aliphatic carbocycles. The Bertz CT molecular complexity index is 742. The van der Waals surface area contributed by atoms with Crippen LogP contribution < -0.4 is 0 Å². The van der Waals surface area contributed by atoms with Gasteiger partial charge in [-0.15, -0.1) is 11.3 Å². The van der Waals surface area contributed by atoms with E-state index in [0.717, 1.165) is 22.4 Å². The molecule has 1 aromatic heterocycles. The van der Waals surface area contributed by atoms with Crippen LogP contribution in [0.25, 0.3) is 0 Å². The van der Waals surface area contributed by atoms with Crippen molar-refractivity contribution in [2.75, 3.05) is 5.75 Å². The molecule has 0 saturated heterocycles. The first-order valence-corrected chi connectivity index (χ1v) is 9.42. The topological polar surface area (TPSA) is 51.2 Å². The zero-order valence-electron chi connectivity index (χ0n) is 12.1. The third-order valence-electron chi connectivity index (χ3n) is 3.27. The van der Waals surface area contributed by atoms with Gasteiger partial charge in [-0.05, 0) is 36.6 Å². The molecule has 0 spiro atoms. The summed E-state index contributed by atoms with van der Waals surface area (Å²) in [6, 6.07) is 10.9. The highest BCUT2D eigenvalue weighted by molar-refractivity contribution is 7.91. The molecular weight excluding hydrogens is 304 g/mol. The maximum absolute atomic E-state index is 12.2. The molecule has 2 aromatic rings. The summed E-state index contributed by atoms with van der Waals surface area (Å²) in [5, 5.41) is 0. The lowest BCUT2D eigenvalue weighted by molar-refractivity contribution is 0.102. The first-order chi connectivity index (χ1) is 9.91. The van der Waals surface area contributed by atoms with Gasteiger partial charge in [-0.25, -0.2) is 8.42 Å². The number of hydrogen-bond donors (Lipinski definition) is 0. The van der Waals surface area contributed by atoms with E-state index in [4.69, 9.17) is 0 Å². The van der Waals surface area contributed by atoms with Gasteiger partial charge in [-0.2, -0.15) is 0 Å². The molecule has 0 atom stereocenters. The van der Waals surface area contributed by atoms with Crippen LogP contribution in [0.5, 0.6) is 0 Å². The Kier molecular flexibility index (Phi) is 4.96. The fourth-order valence-corrected chi connectivity index (χ4v) is 4.48. The number of carbonyl (C=O) groups excluding carboxylic acids is 1. The van der Waals surface area contributed by atoms with E-state index in [9.17, 15) is 13.2 Å². The molecule has 2 rings (SSSR count). The third kappa shape index (κ3) is 4.25. The second-order valence-corrected chi connectivity index (χ2v) is 8.23. The van der Waals surface area contributed by atoms with Gasteiger partial charge in [0.2, 0.25) is 0 Å². The average molecular weight is 322 g/mol. The number of sulfone groups is 1. The molecule has 0 unspecified atom stereocenters. The van der Waals surface area contributed by atoms with Gasteiger partial charge in [0.15, 0.2) is 15.6 Å². The normalized spacial score (nSPS) is 11.5. The van der Waals surface area contributed by atoms with Crippen molar-refractivity contribution >= 4 is 27.0 Å². The first-order valence-electron chi connectivity index (χ1n) is 6.78. The maximum atomic E-state index is 12.2. The van der Waals surface area contributed by atoms with E-state index in [-0.39, 0.29) is 11.5 Å². The standard InChI is InChI=1S/C16H18O3S2/c1-3-14-8-9-16(20-14)15(17)11-21(18,19)10-13-7-5-4-6-12(13)2/h4-9H,3,10-11H2,1-2H3. The summed E-state index contributed by atoms with van der Waals surface area (Å²) in [6.07, 6.45) is 0.855. The summed E-state index contributed by atoms with van der Waals surface area (Å²) in [5.41, 5.74) is 1.68. The fraction of sp³-hybridized carbons (Fsp3) is 0.312. The zero-order chi connectivity index (χ0) is 15.5. The van der Waals surface area contributed by atoms with Crippen molar-refractivity contribution in [2.45, 2.75) is 26.0 Å². The summed E-state index contributed by atoms with van der Waals surface area (Å²) in [6.45, 7) is 3.88. The SMILES string of the molecule is CCc1ccc(C(=O)CS(=O)(=O)Cc2ccccc2C)s1. The van der Waals surface area contributed by atoms with Crippen molar-refractivity contribution in [3.63, 3.8) is 0 Å². The quantitative estimate of drug-likeness (QED) is 0.766. The van der Waals surface area contributed by atoms with E-state index in [1.165, 1.54) is 11.3 Å². The van der Waals surface area contributed by atoms with Crippen LogP contribution in [-0.4, -0.2) is 20.0 Å². The van der Waals surface area contributed by atoms with Gasteiger partial charge >= 0.3 is 0 Å². The third-order valence-corrected chi connectivity index (χ3v) is 6.00. The van der Waals surface area contributed by atoms with Crippen molar-refractivity contribution in [1.29, 1.82) is 0 Å². The van der Waals surface area contributed by atoms with Crippen molar-refractivity contribution in [3.8, 4) is 0 Å². The Morgan fingerprint density at radius 1 is 1.14 bits per heavy atom. The van der Waals surface area contributed by atoms with Crippen molar-refractivity contribution in [1.82, 2.24) is 0 Å². The van der Waals surface area contributed by atoms with Gasteiger partial charge in [0.1, 0.15) is 5.75 Å². The number of aryl methyl sites for hydroxylation is 2. The molecule has 0 fully saturated rings. The molecule has 0 N–H and O–H groups in total. The van der Waals surface area contributed by atoms with Crippen LogP contribution in [0.1, 0.15) is 32.6 Å². The van der Waals surface area contributed by atoms with E-state index in [1.54, 1.807) is 12.1 Å². The molecule has 112 valence electrons. The molecular formula is C16H18O3S2. The molecule has 3 nitrogen and oxygen atoms in total. The number of thiophene rings is 1. The summed E-state index contributed by atoms with van der Waals surface area (Å²) >= 11 is 1.38. The monoisotopic (exact) mass is 322 g/mol. The van der Waals surface area contributed by atoms with Gasteiger partial charge in [-0.3, -0.25) is 4.79 Å². The minimum absolute atomic E-state index is 0.0859. The van der Waals surface area contributed by atoms with Gasteiger partial charge < -0.3 is 0 Å². The number of Topliss-reactive ketones (excluding diaryl/α,β-unsaturated/α-hetero) is 1. The zero-order valence-corrected chi connectivity index (χ0v) is 13.8. The maximum Gasteiger partial charge on any atom is 0.187 e. The summed E-state index contributed by atoms with van der Waals surface area (Å²) in [4.78, 5) is 13.7. The van der Waals surface area contributed by atoms with E-state index >= 15 is 0 Å². The molecule has 0 saturated carbocycles. The van der Waals surface area contributed by atoms with Crippen LogP contribution >= 0.6 is 11.3 Å². The van der Waals surface area contributed by atoms with Crippen molar-refractivity contribution in [2.24, 2.45) is 0 Å². The number of rotatable bonds is 6. The molecule has 0 radical (unpaired) electrons. The highest BCUT2D eigenvalue weighted by Gasteiger charge is 2.20. The van der Waals surface area contributed by atoms with Crippen molar-refractivity contribution < 1.29 is 13.2 Å². The van der Waals surface area contributed by atoms with Crippen LogP contribution in [0, 0.1) is 6.92 Å². The van der Waals surface area contributed by atoms with E-state index in [0.29, 0.717) is 4.88 Å². The number of ketones is 1.